The Balaban J connectivity index is 1.83. The van der Waals surface area contributed by atoms with Crippen LogP contribution in [0.15, 0.2) is 17.1 Å². The molecule has 2 aromatic rings. The number of halogens is 2. The standard InChI is InChI=1S/C24H29F2N3O6/c1-5-28-10-15(21(32)33)20(31)14-8-16(25)19(17(26)18(14)28)29-9-13-6-7-34-24(13,11-29)22(27-12-30)35-23(2,3)4/h8,10,12-13,22H,5-7,9,11H2,1-4H3,(H,27,30)(H,32,33). The van der Waals surface area contributed by atoms with Crippen molar-refractivity contribution >= 4 is 29.0 Å². The van der Waals surface area contributed by atoms with Crippen molar-refractivity contribution in [1.82, 2.24) is 9.88 Å². The van der Waals surface area contributed by atoms with E-state index in [0.717, 1.165) is 12.3 Å². The molecule has 2 saturated heterocycles. The maximum Gasteiger partial charge on any atom is 0.341 e. The number of fused-ring (bicyclic) bond motifs is 2. The summed E-state index contributed by atoms with van der Waals surface area (Å²) in [4.78, 5) is 37.0. The minimum atomic E-state index is -1.47. The summed E-state index contributed by atoms with van der Waals surface area (Å²) in [7, 11) is 0. The van der Waals surface area contributed by atoms with Gasteiger partial charge in [0.1, 0.15) is 22.7 Å². The second-order valence-corrected chi connectivity index (χ2v) is 9.94. The lowest BCUT2D eigenvalue weighted by atomic mass is 9.88. The van der Waals surface area contributed by atoms with Crippen LogP contribution in [-0.2, 0) is 20.8 Å². The van der Waals surface area contributed by atoms with E-state index in [0.29, 0.717) is 19.4 Å². The lowest BCUT2D eigenvalue weighted by molar-refractivity contribution is -0.178. The molecule has 0 spiro atoms. The molecule has 11 heteroatoms. The quantitative estimate of drug-likeness (QED) is 0.450. The van der Waals surface area contributed by atoms with E-state index in [4.69, 9.17) is 9.47 Å². The van der Waals surface area contributed by atoms with E-state index in [-0.39, 0.29) is 42.1 Å². The van der Waals surface area contributed by atoms with Crippen LogP contribution in [0.4, 0.5) is 14.5 Å². The molecule has 1 amide bonds. The number of rotatable bonds is 7. The van der Waals surface area contributed by atoms with Gasteiger partial charge in [0.15, 0.2) is 12.0 Å². The first-order valence-electron chi connectivity index (χ1n) is 11.5. The van der Waals surface area contributed by atoms with E-state index in [1.54, 1.807) is 6.92 Å². The minimum Gasteiger partial charge on any atom is -0.477 e. The number of amides is 1. The Morgan fingerprint density at radius 2 is 2.14 bits per heavy atom. The lowest BCUT2D eigenvalue weighted by Gasteiger charge is -2.39. The van der Waals surface area contributed by atoms with Crippen molar-refractivity contribution < 1.29 is 33.0 Å². The third-order valence-electron chi connectivity index (χ3n) is 6.66. The Labute approximate surface area is 200 Å². The predicted molar refractivity (Wildman–Crippen MR) is 124 cm³/mol. The number of ether oxygens (including phenoxy) is 2. The molecule has 35 heavy (non-hydrogen) atoms. The van der Waals surface area contributed by atoms with Crippen molar-refractivity contribution in [2.75, 3.05) is 24.6 Å². The van der Waals surface area contributed by atoms with Crippen LogP contribution in [0.5, 0.6) is 0 Å². The van der Waals surface area contributed by atoms with Crippen LogP contribution in [0.1, 0.15) is 44.5 Å². The molecule has 9 nitrogen and oxygen atoms in total. The second-order valence-electron chi connectivity index (χ2n) is 9.94. The van der Waals surface area contributed by atoms with Gasteiger partial charge in [-0.25, -0.2) is 13.6 Å². The fourth-order valence-corrected chi connectivity index (χ4v) is 5.20. The highest BCUT2D eigenvalue weighted by molar-refractivity contribution is 5.93. The van der Waals surface area contributed by atoms with Gasteiger partial charge in [-0.1, -0.05) is 0 Å². The molecule has 0 radical (unpaired) electrons. The molecule has 190 valence electrons. The largest absolute Gasteiger partial charge is 0.477 e. The SMILES string of the molecule is CCn1cc(C(=O)O)c(=O)c2cc(F)c(N3CC4CCOC4(C(NC=O)OC(C)(C)C)C3)c(F)c21. The Kier molecular flexibility index (Phi) is 6.35. The molecule has 2 N–H and O–H groups in total. The van der Waals surface area contributed by atoms with E-state index in [1.165, 1.54) is 9.47 Å². The van der Waals surface area contributed by atoms with Crippen LogP contribution in [0.2, 0.25) is 0 Å². The van der Waals surface area contributed by atoms with Crippen LogP contribution in [0.25, 0.3) is 10.9 Å². The number of aromatic nitrogens is 1. The normalized spacial score (nSPS) is 22.9. The number of carbonyl (C=O) groups is 2. The van der Waals surface area contributed by atoms with Gasteiger partial charge in [0.05, 0.1) is 23.0 Å². The van der Waals surface area contributed by atoms with Crippen LogP contribution in [0, 0.1) is 17.6 Å². The number of nitrogens with zero attached hydrogens (tertiary/aromatic N) is 2. The number of benzene rings is 1. The number of carboxylic acid groups (broad SMARTS) is 1. The summed E-state index contributed by atoms with van der Waals surface area (Å²) in [6.07, 6.45) is 1.35. The maximum atomic E-state index is 15.9. The van der Waals surface area contributed by atoms with Crippen molar-refractivity contribution in [2.45, 2.75) is 58.1 Å². The number of aryl methyl sites for hydroxylation is 1. The monoisotopic (exact) mass is 493 g/mol. The van der Waals surface area contributed by atoms with E-state index in [9.17, 15) is 19.5 Å². The van der Waals surface area contributed by atoms with Crippen LogP contribution >= 0.6 is 0 Å². The molecule has 2 aliphatic heterocycles. The maximum absolute atomic E-state index is 15.9. The highest BCUT2D eigenvalue weighted by atomic mass is 19.1. The molecule has 3 unspecified atom stereocenters. The summed E-state index contributed by atoms with van der Waals surface area (Å²) in [6, 6.07) is 0.892. The molecule has 1 aromatic carbocycles. The highest BCUT2D eigenvalue weighted by Gasteiger charge is 2.58. The van der Waals surface area contributed by atoms with E-state index in [1.807, 2.05) is 20.8 Å². The summed E-state index contributed by atoms with van der Waals surface area (Å²) in [5, 5.41) is 11.7. The average Bonchev–Trinajstić information content (AvgIpc) is 3.31. The Morgan fingerprint density at radius 1 is 1.43 bits per heavy atom. The van der Waals surface area contributed by atoms with Crippen molar-refractivity contribution in [3.05, 3.63) is 39.7 Å². The third-order valence-corrected chi connectivity index (χ3v) is 6.66. The van der Waals surface area contributed by atoms with Gasteiger partial charge in [-0.05, 0) is 40.2 Å². The number of hydrogen-bond acceptors (Lipinski definition) is 6. The summed E-state index contributed by atoms with van der Waals surface area (Å²) in [5.74, 6) is -3.59. The first-order valence-corrected chi connectivity index (χ1v) is 11.5. The van der Waals surface area contributed by atoms with Crippen molar-refractivity contribution in [1.29, 1.82) is 0 Å². The van der Waals surface area contributed by atoms with Crippen LogP contribution < -0.4 is 15.6 Å². The van der Waals surface area contributed by atoms with Crippen molar-refractivity contribution in [3.63, 3.8) is 0 Å². The molecule has 0 aliphatic carbocycles. The summed E-state index contributed by atoms with van der Waals surface area (Å²) < 4.78 is 44.8. The molecular formula is C24H29F2N3O6. The van der Waals surface area contributed by atoms with Gasteiger partial charge in [-0.15, -0.1) is 0 Å². The molecule has 3 atom stereocenters. The van der Waals surface area contributed by atoms with Gasteiger partial charge < -0.3 is 29.4 Å². The fourth-order valence-electron chi connectivity index (χ4n) is 5.20. The molecule has 0 saturated carbocycles. The number of aromatic carboxylic acids is 1. The molecule has 4 rings (SSSR count). The summed E-state index contributed by atoms with van der Waals surface area (Å²) in [6.45, 7) is 8.03. The van der Waals surface area contributed by atoms with E-state index < -0.39 is 46.0 Å². The van der Waals surface area contributed by atoms with Crippen molar-refractivity contribution in [2.24, 2.45) is 5.92 Å². The van der Waals surface area contributed by atoms with Gasteiger partial charge in [0.2, 0.25) is 11.8 Å². The number of pyridine rings is 1. The number of hydrogen-bond donors (Lipinski definition) is 2. The second kappa shape index (κ2) is 8.87. The fraction of sp³-hybridized carbons (Fsp3) is 0.542. The molecule has 0 bridgehead atoms. The highest BCUT2D eigenvalue weighted by Crippen LogP contribution is 2.45. The van der Waals surface area contributed by atoms with Gasteiger partial charge in [0, 0.05) is 31.8 Å². The number of anilines is 1. The molecule has 2 aliphatic rings. The van der Waals surface area contributed by atoms with Crippen molar-refractivity contribution in [3.8, 4) is 0 Å². The van der Waals surface area contributed by atoms with Gasteiger partial charge in [-0.3, -0.25) is 9.59 Å². The predicted octanol–water partition coefficient (Wildman–Crippen LogP) is 2.48. The zero-order valence-corrected chi connectivity index (χ0v) is 20.1. The summed E-state index contributed by atoms with van der Waals surface area (Å²) in [5.41, 5.74) is -3.67. The first kappa shape index (κ1) is 25.1. The van der Waals surface area contributed by atoms with Crippen LogP contribution in [0.3, 0.4) is 0 Å². The topological polar surface area (TPSA) is 110 Å². The molecule has 3 heterocycles. The first-order chi connectivity index (χ1) is 16.4. The van der Waals surface area contributed by atoms with Gasteiger partial charge in [0.25, 0.3) is 0 Å². The Hall–Kier alpha value is -3.05. The number of carboxylic acids is 1. The van der Waals surface area contributed by atoms with Crippen LogP contribution in [-0.4, -0.2) is 59.2 Å². The minimum absolute atomic E-state index is 0.0438. The molecule has 2 fully saturated rings. The number of carbonyl (C=O) groups excluding carboxylic acids is 1. The molecule has 1 aromatic heterocycles. The number of nitrogens with one attached hydrogen (secondary N) is 1. The van der Waals surface area contributed by atoms with E-state index in [2.05, 4.69) is 5.32 Å². The van der Waals surface area contributed by atoms with Gasteiger partial charge in [-0.2, -0.15) is 0 Å². The Bertz CT molecular complexity index is 1240. The molecular weight excluding hydrogens is 464 g/mol. The lowest BCUT2D eigenvalue weighted by Crippen LogP contribution is -2.58. The third kappa shape index (κ3) is 4.16. The zero-order valence-electron chi connectivity index (χ0n) is 20.1. The smallest absolute Gasteiger partial charge is 0.341 e. The van der Waals surface area contributed by atoms with E-state index >= 15 is 8.78 Å². The van der Waals surface area contributed by atoms with Gasteiger partial charge >= 0.3 is 5.97 Å². The Morgan fingerprint density at radius 3 is 2.74 bits per heavy atom. The average molecular weight is 494 g/mol. The summed E-state index contributed by atoms with van der Waals surface area (Å²) >= 11 is 0. The zero-order chi connectivity index (χ0) is 25.7.